The molecule has 2 aromatic carbocycles. The molecule has 0 N–H and O–H groups in total. The van der Waals surface area contributed by atoms with Gasteiger partial charge in [0, 0.05) is 0 Å². The molecule has 0 saturated carbocycles. The monoisotopic (exact) mass is 240 g/mol. The van der Waals surface area contributed by atoms with E-state index in [2.05, 4.69) is 0 Å². The van der Waals surface area contributed by atoms with Gasteiger partial charge in [-0.05, 0) is 18.1 Å². The number of carbonyl (C=O) groups is 1. The van der Waals surface area contributed by atoms with Gasteiger partial charge in [-0.3, -0.25) is 4.79 Å². The highest BCUT2D eigenvalue weighted by Gasteiger charge is 2.22. The first-order chi connectivity index (χ1) is 8.72. The predicted molar refractivity (Wildman–Crippen MR) is 71.5 cm³/mol. The molecule has 2 aromatic rings. The maximum absolute atomic E-state index is 12.0. The van der Waals surface area contributed by atoms with Gasteiger partial charge < -0.3 is 4.74 Å². The van der Waals surface area contributed by atoms with E-state index in [-0.39, 0.29) is 11.9 Å². The topological polar surface area (TPSA) is 26.3 Å². The highest BCUT2D eigenvalue weighted by atomic mass is 16.5. The highest BCUT2D eigenvalue weighted by molar-refractivity contribution is 5.82. The third kappa shape index (κ3) is 2.59. The van der Waals surface area contributed by atoms with Crippen LogP contribution in [0.15, 0.2) is 54.6 Å². The van der Waals surface area contributed by atoms with Crippen molar-refractivity contribution < 1.29 is 9.53 Å². The van der Waals surface area contributed by atoms with E-state index in [9.17, 15) is 4.79 Å². The van der Waals surface area contributed by atoms with Crippen molar-refractivity contribution >= 4 is 5.97 Å². The third-order valence-electron chi connectivity index (χ3n) is 2.98. The van der Waals surface area contributed by atoms with Crippen LogP contribution in [0.3, 0.4) is 0 Å². The predicted octanol–water partition coefficient (Wildman–Crippen LogP) is 3.30. The lowest BCUT2D eigenvalue weighted by atomic mass is 9.91. The minimum Gasteiger partial charge on any atom is -0.468 e. The first-order valence-corrected chi connectivity index (χ1v) is 5.91. The Bertz CT molecular complexity index is 515. The van der Waals surface area contributed by atoms with Crippen molar-refractivity contribution in [2.45, 2.75) is 12.8 Å². The van der Waals surface area contributed by atoms with E-state index in [0.717, 1.165) is 11.1 Å². The second kappa shape index (κ2) is 5.50. The van der Waals surface area contributed by atoms with Crippen molar-refractivity contribution in [3.63, 3.8) is 0 Å². The molecule has 0 aromatic heterocycles. The third-order valence-corrected chi connectivity index (χ3v) is 2.98. The lowest BCUT2D eigenvalue weighted by Crippen LogP contribution is -2.15. The summed E-state index contributed by atoms with van der Waals surface area (Å²) in [5.74, 6) is -0.582. The lowest BCUT2D eigenvalue weighted by Gasteiger charge is -2.15. The van der Waals surface area contributed by atoms with Crippen LogP contribution in [0.4, 0.5) is 0 Å². The highest BCUT2D eigenvalue weighted by Crippen LogP contribution is 2.26. The summed E-state index contributed by atoms with van der Waals surface area (Å²) in [6, 6.07) is 17.7. The average molecular weight is 240 g/mol. The molecule has 2 rings (SSSR count). The van der Waals surface area contributed by atoms with E-state index in [1.807, 2.05) is 61.5 Å². The first-order valence-electron chi connectivity index (χ1n) is 5.91. The van der Waals surface area contributed by atoms with Crippen LogP contribution in [0, 0.1) is 6.92 Å². The first kappa shape index (κ1) is 12.4. The normalized spacial score (nSPS) is 11.9. The van der Waals surface area contributed by atoms with E-state index in [1.165, 1.54) is 12.7 Å². The molecule has 0 spiro atoms. The van der Waals surface area contributed by atoms with Gasteiger partial charge in [-0.1, -0.05) is 60.2 Å². The van der Waals surface area contributed by atoms with Gasteiger partial charge in [0.05, 0.1) is 7.11 Å². The maximum Gasteiger partial charge on any atom is 0.317 e. The summed E-state index contributed by atoms with van der Waals surface area (Å²) in [7, 11) is 1.42. The van der Waals surface area contributed by atoms with E-state index in [4.69, 9.17) is 4.74 Å². The Kier molecular flexibility index (Phi) is 3.78. The van der Waals surface area contributed by atoms with E-state index in [1.54, 1.807) is 0 Å². The number of ether oxygens (including phenoxy) is 1. The molecule has 0 amide bonds. The molecule has 1 atom stereocenters. The number of benzene rings is 2. The van der Waals surface area contributed by atoms with Crippen molar-refractivity contribution in [1.29, 1.82) is 0 Å². The van der Waals surface area contributed by atoms with E-state index >= 15 is 0 Å². The number of methoxy groups -OCH3 is 1. The average Bonchev–Trinajstić information content (AvgIpc) is 2.42. The summed E-state index contributed by atoms with van der Waals surface area (Å²) in [6.45, 7) is 2.03. The minimum atomic E-state index is -0.350. The fourth-order valence-corrected chi connectivity index (χ4v) is 1.99. The lowest BCUT2D eigenvalue weighted by molar-refractivity contribution is -0.141. The molecular weight excluding hydrogens is 224 g/mol. The molecule has 0 unspecified atom stereocenters. The quantitative estimate of drug-likeness (QED) is 0.769. The van der Waals surface area contributed by atoms with Gasteiger partial charge >= 0.3 is 5.97 Å². The number of carbonyl (C=O) groups excluding carboxylic acids is 1. The number of aryl methyl sites for hydroxylation is 1. The molecule has 2 nitrogen and oxygen atoms in total. The van der Waals surface area contributed by atoms with Crippen LogP contribution in [0.25, 0.3) is 0 Å². The summed E-state index contributed by atoms with van der Waals surface area (Å²) in [5.41, 5.74) is 3.09. The minimum absolute atomic E-state index is 0.231. The van der Waals surface area contributed by atoms with Gasteiger partial charge in [-0.15, -0.1) is 0 Å². The Morgan fingerprint density at radius 1 is 0.944 bits per heavy atom. The summed E-state index contributed by atoms with van der Waals surface area (Å²) < 4.78 is 4.91. The standard InChI is InChI=1S/C16H16O2/c1-12-8-10-14(11-9-12)15(16(17)18-2)13-6-4-3-5-7-13/h3-11,15H,1-2H3/t15-/m0/s1. The van der Waals surface area contributed by atoms with Crippen LogP contribution < -0.4 is 0 Å². The summed E-state index contributed by atoms with van der Waals surface area (Å²) in [4.78, 5) is 12.0. The molecule has 0 heterocycles. The van der Waals surface area contributed by atoms with Gasteiger partial charge in [0.15, 0.2) is 0 Å². The van der Waals surface area contributed by atoms with Crippen LogP contribution >= 0.6 is 0 Å². The van der Waals surface area contributed by atoms with Crippen LogP contribution in [-0.2, 0) is 9.53 Å². The Morgan fingerprint density at radius 3 is 2.06 bits per heavy atom. The molecule has 0 aliphatic heterocycles. The number of esters is 1. The van der Waals surface area contributed by atoms with Gasteiger partial charge in [0.1, 0.15) is 5.92 Å². The van der Waals surface area contributed by atoms with Crippen LogP contribution in [0.5, 0.6) is 0 Å². The zero-order valence-electron chi connectivity index (χ0n) is 10.6. The summed E-state index contributed by atoms with van der Waals surface area (Å²) in [6.07, 6.45) is 0. The van der Waals surface area contributed by atoms with Gasteiger partial charge in [-0.25, -0.2) is 0 Å². The summed E-state index contributed by atoms with van der Waals surface area (Å²) in [5, 5.41) is 0. The van der Waals surface area contributed by atoms with E-state index < -0.39 is 0 Å². The second-order valence-corrected chi connectivity index (χ2v) is 4.28. The molecule has 2 heteroatoms. The van der Waals surface area contributed by atoms with Crippen LogP contribution in [0.1, 0.15) is 22.6 Å². The molecule has 0 aliphatic carbocycles. The molecule has 92 valence electrons. The molecular formula is C16H16O2. The summed E-state index contributed by atoms with van der Waals surface area (Å²) >= 11 is 0. The second-order valence-electron chi connectivity index (χ2n) is 4.28. The zero-order chi connectivity index (χ0) is 13.0. The Hall–Kier alpha value is -2.09. The van der Waals surface area contributed by atoms with Crippen molar-refractivity contribution in [2.75, 3.05) is 7.11 Å². The Balaban J connectivity index is 2.43. The van der Waals surface area contributed by atoms with Gasteiger partial charge in [0.2, 0.25) is 0 Å². The smallest absolute Gasteiger partial charge is 0.317 e. The zero-order valence-corrected chi connectivity index (χ0v) is 10.6. The van der Waals surface area contributed by atoms with Crippen molar-refractivity contribution in [3.8, 4) is 0 Å². The van der Waals surface area contributed by atoms with Crippen LogP contribution in [-0.4, -0.2) is 13.1 Å². The molecule has 18 heavy (non-hydrogen) atoms. The molecule has 0 radical (unpaired) electrons. The molecule has 0 bridgehead atoms. The largest absolute Gasteiger partial charge is 0.468 e. The van der Waals surface area contributed by atoms with Gasteiger partial charge in [0.25, 0.3) is 0 Å². The van der Waals surface area contributed by atoms with Crippen molar-refractivity contribution in [1.82, 2.24) is 0 Å². The maximum atomic E-state index is 12.0. The number of hydrogen-bond donors (Lipinski definition) is 0. The molecule has 0 aliphatic rings. The fourth-order valence-electron chi connectivity index (χ4n) is 1.99. The number of rotatable bonds is 3. The molecule has 0 fully saturated rings. The van der Waals surface area contributed by atoms with E-state index in [0.29, 0.717) is 0 Å². The van der Waals surface area contributed by atoms with Crippen molar-refractivity contribution in [3.05, 3.63) is 71.3 Å². The Morgan fingerprint density at radius 2 is 1.50 bits per heavy atom. The fraction of sp³-hybridized carbons (Fsp3) is 0.188. The van der Waals surface area contributed by atoms with Crippen molar-refractivity contribution in [2.24, 2.45) is 0 Å². The Labute approximate surface area is 107 Å². The molecule has 0 saturated heterocycles. The van der Waals surface area contributed by atoms with Gasteiger partial charge in [-0.2, -0.15) is 0 Å². The van der Waals surface area contributed by atoms with Crippen LogP contribution in [0.2, 0.25) is 0 Å². The SMILES string of the molecule is COC(=O)[C@@H](c1ccccc1)c1ccc(C)cc1. The number of hydrogen-bond acceptors (Lipinski definition) is 2.